The van der Waals surface area contributed by atoms with Gasteiger partial charge in [-0.15, -0.1) is 0 Å². The van der Waals surface area contributed by atoms with Crippen molar-refractivity contribution in [3.8, 4) is 0 Å². The van der Waals surface area contributed by atoms with Gasteiger partial charge in [0.25, 0.3) is 0 Å². The van der Waals surface area contributed by atoms with Crippen molar-refractivity contribution in [2.75, 3.05) is 10.6 Å². The monoisotopic (exact) mass is 443 g/mol. The summed E-state index contributed by atoms with van der Waals surface area (Å²) >= 11 is 5.20. The standard InChI is InChI=1S/C26H25N3O2S/c1-19-7-9-21(10-8-19)12-18-25(31)29-26(32)28-23-15-13-22(14-16-23)27-24(30)17-11-20-5-3-2-4-6-20/h2-10,12-16,18H,11,17H2,1H3,(H,27,30)(H2,28,29,31,32)/b18-12+. The fraction of sp³-hybridized carbons (Fsp3) is 0.115. The molecule has 0 radical (unpaired) electrons. The van der Waals surface area contributed by atoms with Gasteiger partial charge in [-0.25, -0.2) is 0 Å². The first-order valence-corrected chi connectivity index (χ1v) is 10.7. The first kappa shape index (κ1) is 22.9. The van der Waals surface area contributed by atoms with Crippen LogP contribution in [0.5, 0.6) is 0 Å². The number of thiocarbonyl (C=S) groups is 1. The molecule has 32 heavy (non-hydrogen) atoms. The summed E-state index contributed by atoms with van der Waals surface area (Å²) in [6.45, 7) is 2.01. The molecule has 0 aliphatic carbocycles. The van der Waals surface area contributed by atoms with E-state index in [0.29, 0.717) is 24.2 Å². The molecular weight excluding hydrogens is 418 g/mol. The lowest BCUT2D eigenvalue weighted by molar-refractivity contribution is -0.116. The number of hydrogen-bond acceptors (Lipinski definition) is 3. The van der Waals surface area contributed by atoms with Crippen LogP contribution >= 0.6 is 12.2 Å². The van der Waals surface area contributed by atoms with Crippen molar-refractivity contribution in [3.05, 3.63) is 102 Å². The van der Waals surface area contributed by atoms with Gasteiger partial charge in [-0.3, -0.25) is 14.9 Å². The Morgan fingerprint density at radius 2 is 1.47 bits per heavy atom. The van der Waals surface area contributed by atoms with Crippen LogP contribution in [0.25, 0.3) is 6.08 Å². The number of rotatable bonds is 7. The molecule has 0 bridgehead atoms. The average Bonchev–Trinajstić information content (AvgIpc) is 2.79. The van der Waals surface area contributed by atoms with Gasteiger partial charge in [0, 0.05) is 23.9 Å². The van der Waals surface area contributed by atoms with E-state index < -0.39 is 0 Å². The zero-order chi connectivity index (χ0) is 22.8. The van der Waals surface area contributed by atoms with Gasteiger partial charge < -0.3 is 10.6 Å². The Bertz CT molecular complexity index is 1090. The maximum Gasteiger partial charge on any atom is 0.250 e. The molecule has 0 heterocycles. The van der Waals surface area contributed by atoms with Crippen LogP contribution in [0.1, 0.15) is 23.1 Å². The molecule has 0 fully saturated rings. The van der Waals surface area contributed by atoms with Crippen molar-refractivity contribution < 1.29 is 9.59 Å². The molecule has 162 valence electrons. The zero-order valence-corrected chi connectivity index (χ0v) is 18.6. The molecule has 3 rings (SSSR count). The third-order valence-electron chi connectivity index (χ3n) is 4.65. The van der Waals surface area contributed by atoms with Gasteiger partial charge in [0.1, 0.15) is 0 Å². The molecular formula is C26H25N3O2S. The quantitative estimate of drug-likeness (QED) is 0.351. The molecule has 0 unspecified atom stereocenters. The van der Waals surface area contributed by atoms with Crippen molar-refractivity contribution >= 4 is 46.6 Å². The molecule has 0 spiro atoms. The van der Waals surface area contributed by atoms with Crippen LogP contribution in [0.3, 0.4) is 0 Å². The first-order chi connectivity index (χ1) is 15.5. The molecule has 3 aromatic rings. The molecule has 0 saturated heterocycles. The van der Waals surface area contributed by atoms with E-state index in [1.165, 1.54) is 6.08 Å². The van der Waals surface area contributed by atoms with Gasteiger partial charge in [-0.1, -0.05) is 60.2 Å². The van der Waals surface area contributed by atoms with Crippen molar-refractivity contribution in [3.63, 3.8) is 0 Å². The summed E-state index contributed by atoms with van der Waals surface area (Å²) in [5.41, 5.74) is 4.64. The van der Waals surface area contributed by atoms with E-state index in [1.54, 1.807) is 30.3 Å². The summed E-state index contributed by atoms with van der Waals surface area (Å²) in [7, 11) is 0. The van der Waals surface area contributed by atoms with Gasteiger partial charge >= 0.3 is 0 Å². The van der Waals surface area contributed by atoms with Crippen molar-refractivity contribution in [2.45, 2.75) is 19.8 Å². The Kier molecular flexibility index (Phi) is 8.29. The van der Waals surface area contributed by atoms with Gasteiger partial charge in [0.15, 0.2) is 5.11 Å². The van der Waals surface area contributed by atoms with Gasteiger partial charge in [-0.05, 0) is 67.0 Å². The predicted octanol–water partition coefficient (Wildman–Crippen LogP) is 5.09. The topological polar surface area (TPSA) is 70.2 Å². The number of benzene rings is 3. The van der Waals surface area contributed by atoms with Crippen LogP contribution < -0.4 is 16.0 Å². The van der Waals surface area contributed by atoms with Crippen molar-refractivity contribution in [2.24, 2.45) is 0 Å². The Morgan fingerprint density at radius 3 is 2.12 bits per heavy atom. The highest BCUT2D eigenvalue weighted by Crippen LogP contribution is 2.14. The minimum Gasteiger partial charge on any atom is -0.332 e. The molecule has 6 heteroatoms. The second-order valence-corrected chi connectivity index (χ2v) is 7.71. The number of carbonyl (C=O) groups is 2. The first-order valence-electron chi connectivity index (χ1n) is 10.3. The summed E-state index contributed by atoms with van der Waals surface area (Å²) in [5, 5.41) is 8.65. The number of aryl methyl sites for hydroxylation is 2. The normalized spacial score (nSPS) is 10.5. The highest BCUT2D eigenvalue weighted by molar-refractivity contribution is 7.80. The number of nitrogens with one attached hydrogen (secondary N) is 3. The minimum atomic E-state index is -0.314. The third-order valence-corrected chi connectivity index (χ3v) is 4.86. The van der Waals surface area contributed by atoms with Crippen molar-refractivity contribution in [1.29, 1.82) is 0 Å². The molecule has 0 saturated carbocycles. The average molecular weight is 444 g/mol. The number of anilines is 2. The smallest absolute Gasteiger partial charge is 0.250 e. The fourth-order valence-electron chi connectivity index (χ4n) is 2.93. The van der Waals surface area contributed by atoms with Gasteiger partial charge in [-0.2, -0.15) is 0 Å². The Labute approximate surface area is 193 Å². The molecule has 0 atom stereocenters. The minimum absolute atomic E-state index is 0.0438. The summed E-state index contributed by atoms with van der Waals surface area (Å²) in [6.07, 6.45) is 4.27. The van der Waals surface area contributed by atoms with Crippen LogP contribution in [0.4, 0.5) is 11.4 Å². The maximum atomic E-state index is 12.1. The van der Waals surface area contributed by atoms with Crippen LogP contribution in [-0.4, -0.2) is 16.9 Å². The molecule has 0 aromatic heterocycles. The molecule has 0 aliphatic rings. The summed E-state index contributed by atoms with van der Waals surface area (Å²) < 4.78 is 0. The van der Waals surface area contributed by atoms with E-state index in [9.17, 15) is 9.59 Å². The lowest BCUT2D eigenvalue weighted by Gasteiger charge is -2.10. The van der Waals surface area contributed by atoms with Crippen LogP contribution in [0, 0.1) is 6.92 Å². The Balaban J connectivity index is 1.43. The summed E-state index contributed by atoms with van der Waals surface area (Å²) in [6, 6.07) is 24.9. The molecule has 3 N–H and O–H groups in total. The Hall–Kier alpha value is -3.77. The number of hydrogen-bond donors (Lipinski definition) is 3. The molecule has 2 amide bonds. The Morgan fingerprint density at radius 1 is 0.844 bits per heavy atom. The van der Waals surface area contributed by atoms with Gasteiger partial charge in [0.2, 0.25) is 11.8 Å². The maximum absolute atomic E-state index is 12.1. The molecule has 3 aromatic carbocycles. The highest BCUT2D eigenvalue weighted by atomic mass is 32.1. The number of carbonyl (C=O) groups excluding carboxylic acids is 2. The van der Waals surface area contributed by atoms with E-state index >= 15 is 0 Å². The van der Waals surface area contributed by atoms with Crippen LogP contribution in [0.15, 0.2) is 84.9 Å². The third kappa shape index (κ3) is 7.81. The summed E-state index contributed by atoms with van der Waals surface area (Å²) in [5.74, 6) is -0.358. The second-order valence-electron chi connectivity index (χ2n) is 7.30. The van der Waals surface area contributed by atoms with E-state index in [0.717, 1.165) is 16.7 Å². The largest absolute Gasteiger partial charge is 0.332 e. The van der Waals surface area contributed by atoms with E-state index in [-0.39, 0.29) is 16.9 Å². The molecule has 5 nitrogen and oxygen atoms in total. The van der Waals surface area contributed by atoms with E-state index in [4.69, 9.17) is 12.2 Å². The van der Waals surface area contributed by atoms with E-state index in [2.05, 4.69) is 16.0 Å². The predicted molar refractivity (Wildman–Crippen MR) is 134 cm³/mol. The fourth-order valence-corrected chi connectivity index (χ4v) is 3.15. The zero-order valence-electron chi connectivity index (χ0n) is 17.8. The van der Waals surface area contributed by atoms with Crippen LogP contribution in [-0.2, 0) is 16.0 Å². The molecule has 0 aliphatic heterocycles. The number of amides is 2. The van der Waals surface area contributed by atoms with E-state index in [1.807, 2.05) is 61.5 Å². The van der Waals surface area contributed by atoms with Crippen molar-refractivity contribution in [1.82, 2.24) is 5.32 Å². The SMILES string of the molecule is Cc1ccc(/C=C/C(=O)NC(=S)Nc2ccc(NC(=O)CCc3ccccc3)cc2)cc1. The lowest BCUT2D eigenvalue weighted by atomic mass is 10.1. The highest BCUT2D eigenvalue weighted by Gasteiger charge is 2.05. The van der Waals surface area contributed by atoms with Crippen LogP contribution in [0.2, 0.25) is 0 Å². The van der Waals surface area contributed by atoms with Gasteiger partial charge in [0.05, 0.1) is 0 Å². The lowest BCUT2D eigenvalue weighted by Crippen LogP contribution is -2.32. The second kappa shape index (κ2) is 11.6. The summed E-state index contributed by atoms with van der Waals surface area (Å²) in [4.78, 5) is 24.2.